The molecule has 2 aromatic rings. The Hall–Kier alpha value is -1.85. The fourth-order valence-electron chi connectivity index (χ4n) is 2.20. The van der Waals surface area contributed by atoms with Crippen molar-refractivity contribution in [2.45, 2.75) is 18.8 Å². The van der Waals surface area contributed by atoms with Gasteiger partial charge >= 0.3 is 6.18 Å². The number of hydrogen-bond donors (Lipinski definition) is 1. The first-order valence-corrected chi connectivity index (χ1v) is 6.95. The third kappa shape index (κ3) is 4.58. The van der Waals surface area contributed by atoms with E-state index in [1.807, 2.05) is 30.3 Å². The lowest BCUT2D eigenvalue weighted by Gasteiger charge is -2.18. The van der Waals surface area contributed by atoms with E-state index in [-0.39, 0.29) is 0 Å². The molecule has 0 bridgehead atoms. The average molecular weight is 309 g/mol. The van der Waals surface area contributed by atoms with E-state index in [1.165, 1.54) is 13.2 Å². The van der Waals surface area contributed by atoms with Crippen LogP contribution in [-0.2, 0) is 17.5 Å². The lowest BCUT2D eigenvalue weighted by atomic mass is 10.1. The summed E-state index contributed by atoms with van der Waals surface area (Å²) in [5, 5.41) is 3.20. The van der Waals surface area contributed by atoms with Gasteiger partial charge in [-0.25, -0.2) is 0 Å². The summed E-state index contributed by atoms with van der Waals surface area (Å²) in [7, 11) is 1.50. The Morgan fingerprint density at radius 3 is 2.41 bits per heavy atom. The topological polar surface area (TPSA) is 21.3 Å². The van der Waals surface area contributed by atoms with E-state index in [2.05, 4.69) is 5.32 Å². The van der Waals surface area contributed by atoms with Crippen LogP contribution < -0.4 is 5.32 Å². The minimum absolute atomic E-state index is 0.425. The van der Waals surface area contributed by atoms with Gasteiger partial charge in [-0.15, -0.1) is 0 Å². The van der Waals surface area contributed by atoms with Crippen molar-refractivity contribution >= 4 is 0 Å². The molecule has 0 aromatic heterocycles. The predicted molar refractivity (Wildman–Crippen MR) is 79.3 cm³/mol. The summed E-state index contributed by atoms with van der Waals surface area (Å²) in [6.45, 7) is 1.08. The predicted octanol–water partition coefficient (Wildman–Crippen LogP) is 4.18. The molecular formula is C17H18F3NO. The van der Waals surface area contributed by atoms with Crippen molar-refractivity contribution in [1.29, 1.82) is 0 Å². The summed E-state index contributed by atoms with van der Waals surface area (Å²) in [6.07, 6.45) is -4.77. The Kier molecular flexibility index (Phi) is 5.57. The molecule has 5 heteroatoms. The van der Waals surface area contributed by atoms with Crippen LogP contribution >= 0.6 is 0 Å². The van der Waals surface area contributed by atoms with Crippen LogP contribution in [0.5, 0.6) is 0 Å². The molecule has 22 heavy (non-hydrogen) atoms. The van der Waals surface area contributed by atoms with Crippen molar-refractivity contribution in [3.8, 4) is 0 Å². The highest BCUT2D eigenvalue weighted by Gasteiger charge is 2.30. The normalized spacial score (nSPS) is 13.1. The van der Waals surface area contributed by atoms with Gasteiger partial charge in [-0.2, -0.15) is 13.2 Å². The second-order valence-electron chi connectivity index (χ2n) is 4.96. The van der Waals surface area contributed by atoms with E-state index in [1.54, 1.807) is 6.07 Å². The highest BCUT2D eigenvalue weighted by Crippen LogP contribution is 2.31. The van der Waals surface area contributed by atoms with Gasteiger partial charge in [0.25, 0.3) is 0 Å². The summed E-state index contributed by atoms with van der Waals surface area (Å²) in [6, 6.07) is 15.0. The monoisotopic (exact) mass is 309 g/mol. The SMILES string of the molecule is CO[C@H](CNCc1ccccc1)c1cccc(C(F)(F)F)c1. The third-order valence-corrected chi connectivity index (χ3v) is 3.37. The zero-order chi connectivity index (χ0) is 16.0. The zero-order valence-electron chi connectivity index (χ0n) is 12.2. The summed E-state index contributed by atoms with van der Waals surface area (Å²) < 4.78 is 43.6. The van der Waals surface area contributed by atoms with Crippen molar-refractivity contribution in [2.75, 3.05) is 13.7 Å². The van der Waals surface area contributed by atoms with Crippen LogP contribution in [0.4, 0.5) is 13.2 Å². The molecule has 0 aliphatic heterocycles. The van der Waals surface area contributed by atoms with Crippen LogP contribution in [0.3, 0.4) is 0 Å². The molecular weight excluding hydrogens is 291 g/mol. The molecule has 2 rings (SSSR count). The zero-order valence-corrected chi connectivity index (χ0v) is 12.2. The molecule has 0 radical (unpaired) electrons. The van der Waals surface area contributed by atoms with Crippen molar-refractivity contribution in [1.82, 2.24) is 5.32 Å². The van der Waals surface area contributed by atoms with Crippen molar-refractivity contribution in [3.63, 3.8) is 0 Å². The van der Waals surface area contributed by atoms with Gasteiger partial charge in [-0.1, -0.05) is 42.5 Å². The Labute approximate surface area is 127 Å². The maximum Gasteiger partial charge on any atom is 0.416 e. The molecule has 0 amide bonds. The second kappa shape index (κ2) is 7.42. The fourth-order valence-corrected chi connectivity index (χ4v) is 2.20. The number of halogens is 3. The van der Waals surface area contributed by atoms with Crippen LogP contribution in [-0.4, -0.2) is 13.7 Å². The largest absolute Gasteiger partial charge is 0.416 e. The summed E-state index contributed by atoms with van der Waals surface area (Å²) in [5.41, 5.74) is 0.967. The average Bonchev–Trinajstić information content (AvgIpc) is 2.52. The molecule has 0 fully saturated rings. The van der Waals surface area contributed by atoms with E-state index in [0.29, 0.717) is 18.7 Å². The Balaban J connectivity index is 1.99. The molecule has 118 valence electrons. The van der Waals surface area contributed by atoms with Gasteiger partial charge in [0.15, 0.2) is 0 Å². The summed E-state index contributed by atoms with van der Waals surface area (Å²) >= 11 is 0. The maximum absolute atomic E-state index is 12.8. The van der Waals surface area contributed by atoms with Gasteiger partial charge < -0.3 is 10.1 Å². The molecule has 0 unspecified atom stereocenters. The minimum Gasteiger partial charge on any atom is -0.375 e. The van der Waals surface area contributed by atoms with Gasteiger partial charge in [0.05, 0.1) is 11.7 Å². The molecule has 0 saturated heterocycles. The van der Waals surface area contributed by atoms with Crippen molar-refractivity contribution in [3.05, 3.63) is 71.3 Å². The number of rotatable bonds is 6. The van der Waals surface area contributed by atoms with E-state index >= 15 is 0 Å². The Morgan fingerprint density at radius 1 is 1.05 bits per heavy atom. The van der Waals surface area contributed by atoms with Crippen LogP contribution in [0.1, 0.15) is 22.8 Å². The van der Waals surface area contributed by atoms with Crippen LogP contribution in [0.15, 0.2) is 54.6 Å². The highest BCUT2D eigenvalue weighted by atomic mass is 19.4. The smallest absolute Gasteiger partial charge is 0.375 e. The van der Waals surface area contributed by atoms with E-state index in [0.717, 1.165) is 17.7 Å². The number of alkyl halides is 3. The molecule has 2 aromatic carbocycles. The molecule has 0 heterocycles. The molecule has 1 N–H and O–H groups in total. The standard InChI is InChI=1S/C17H18F3NO/c1-22-16(12-21-11-13-6-3-2-4-7-13)14-8-5-9-15(10-14)17(18,19)20/h2-10,16,21H,11-12H2,1H3/t16-/m1/s1. The first-order valence-electron chi connectivity index (χ1n) is 6.95. The first kappa shape index (κ1) is 16.5. The summed E-state index contributed by atoms with van der Waals surface area (Å²) in [5.74, 6) is 0. The van der Waals surface area contributed by atoms with Crippen LogP contribution in [0.25, 0.3) is 0 Å². The number of ether oxygens (including phenoxy) is 1. The van der Waals surface area contributed by atoms with Gasteiger partial charge in [0, 0.05) is 20.2 Å². The Bertz CT molecular complexity index is 584. The quantitative estimate of drug-likeness (QED) is 0.864. The first-order chi connectivity index (χ1) is 10.5. The van der Waals surface area contributed by atoms with Gasteiger partial charge in [-0.05, 0) is 23.3 Å². The van der Waals surface area contributed by atoms with E-state index in [4.69, 9.17) is 4.74 Å². The lowest BCUT2D eigenvalue weighted by Crippen LogP contribution is -2.22. The number of methoxy groups -OCH3 is 1. The maximum atomic E-state index is 12.8. The fraction of sp³-hybridized carbons (Fsp3) is 0.294. The number of nitrogens with one attached hydrogen (secondary N) is 1. The Morgan fingerprint density at radius 2 is 1.77 bits per heavy atom. The minimum atomic E-state index is -4.34. The van der Waals surface area contributed by atoms with Crippen LogP contribution in [0.2, 0.25) is 0 Å². The molecule has 0 saturated carbocycles. The highest BCUT2D eigenvalue weighted by molar-refractivity contribution is 5.27. The lowest BCUT2D eigenvalue weighted by molar-refractivity contribution is -0.137. The second-order valence-corrected chi connectivity index (χ2v) is 4.96. The van der Waals surface area contributed by atoms with E-state index < -0.39 is 17.8 Å². The van der Waals surface area contributed by atoms with Gasteiger partial charge in [0.1, 0.15) is 0 Å². The molecule has 2 nitrogen and oxygen atoms in total. The molecule has 0 aliphatic carbocycles. The number of hydrogen-bond acceptors (Lipinski definition) is 2. The van der Waals surface area contributed by atoms with Crippen molar-refractivity contribution in [2.24, 2.45) is 0 Å². The number of benzene rings is 2. The van der Waals surface area contributed by atoms with Crippen molar-refractivity contribution < 1.29 is 17.9 Å². The molecule has 1 atom stereocenters. The van der Waals surface area contributed by atoms with E-state index in [9.17, 15) is 13.2 Å². The van der Waals surface area contributed by atoms with Gasteiger partial charge in [-0.3, -0.25) is 0 Å². The molecule has 0 aliphatic rings. The van der Waals surface area contributed by atoms with Crippen LogP contribution in [0, 0.1) is 0 Å². The third-order valence-electron chi connectivity index (χ3n) is 3.37. The molecule has 0 spiro atoms. The summed E-state index contributed by atoms with van der Waals surface area (Å²) in [4.78, 5) is 0. The van der Waals surface area contributed by atoms with Gasteiger partial charge in [0.2, 0.25) is 0 Å².